The quantitative estimate of drug-likeness (QED) is 0.480. The van der Waals surface area contributed by atoms with Gasteiger partial charge in [-0.15, -0.1) is 0 Å². The molecular weight excluding hydrogens is 508 g/mol. The van der Waals surface area contributed by atoms with Gasteiger partial charge < -0.3 is 25.6 Å². The number of hydrogen-bond donors (Lipinski definition) is 3. The second kappa shape index (κ2) is 14.0. The molecule has 214 valence electrons. The van der Waals surface area contributed by atoms with Crippen LogP contribution in [0.1, 0.15) is 61.9 Å². The van der Waals surface area contributed by atoms with Gasteiger partial charge in [0.1, 0.15) is 24.4 Å². The SMILES string of the molecule is CC(C)[C@H]1COc2ccccc2C(=O)N[C@H](C(=O)NCCCc2ccccc2)CCC(=O)N2CCC[C@@H]2C(=O)N1. The molecule has 1 saturated heterocycles. The van der Waals surface area contributed by atoms with Crippen LogP contribution in [0.3, 0.4) is 0 Å². The van der Waals surface area contributed by atoms with Gasteiger partial charge in [-0.2, -0.15) is 0 Å². The van der Waals surface area contributed by atoms with E-state index in [4.69, 9.17) is 4.74 Å². The van der Waals surface area contributed by atoms with Crippen molar-refractivity contribution in [3.05, 3.63) is 65.7 Å². The molecule has 0 unspecified atom stereocenters. The molecule has 9 heteroatoms. The molecule has 0 bridgehead atoms. The number of carbonyl (C=O) groups excluding carboxylic acids is 4. The number of aryl methyl sites for hydroxylation is 1. The number of fused-ring (bicyclic) bond motifs is 2. The molecular formula is C31H40N4O5. The van der Waals surface area contributed by atoms with Crippen molar-refractivity contribution in [2.24, 2.45) is 5.92 Å². The average Bonchev–Trinajstić information content (AvgIpc) is 3.45. The van der Waals surface area contributed by atoms with Gasteiger partial charge in [-0.25, -0.2) is 0 Å². The molecule has 3 atom stereocenters. The van der Waals surface area contributed by atoms with Crippen LogP contribution >= 0.6 is 0 Å². The van der Waals surface area contributed by atoms with E-state index in [9.17, 15) is 19.2 Å². The van der Waals surface area contributed by atoms with E-state index in [1.54, 1.807) is 29.2 Å². The molecule has 0 aromatic heterocycles. The summed E-state index contributed by atoms with van der Waals surface area (Å²) in [6, 6.07) is 15.1. The van der Waals surface area contributed by atoms with E-state index in [1.807, 2.05) is 44.2 Å². The fourth-order valence-electron chi connectivity index (χ4n) is 5.17. The molecule has 3 N–H and O–H groups in total. The second-order valence-corrected chi connectivity index (χ2v) is 10.9. The Balaban J connectivity index is 1.52. The van der Waals surface area contributed by atoms with Gasteiger partial charge in [0.05, 0.1) is 11.6 Å². The van der Waals surface area contributed by atoms with Crippen molar-refractivity contribution < 1.29 is 23.9 Å². The van der Waals surface area contributed by atoms with E-state index in [1.165, 1.54) is 5.56 Å². The van der Waals surface area contributed by atoms with E-state index in [0.717, 1.165) is 19.3 Å². The summed E-state index contributed by atoms with van der Waals surface area (Å²) < 4.78 is 6.05. The Morgan fingerprint density at radius 3 is 2.55 bits per heavy atom. The molecule has 9 nitrogen and oxygen atoms in total. The van der Waals surface area contributed by atoms with Crippen LogP contribution in [0, 0.1) is 5.92 Å². The maximum Gasteiger partial charge on any atom is 0.255 e. The van der Waals surface area contributed by atoms with Crippen molar-refractivity contribution in [3.63, 3.8) is 0 Å². The third-order valence-electron chi connectivity index (χ3n) is 7.61. The fraction of sp³-hybridized carbons (Fsp3) is 0.484. The maximum absolute atomic E-state index is 13.4. The van der Waals surface area contributed by atoms with Crippen molar-refractivity contribution in [1.82, 2.24) is 20.9 Å². The van der Waals surface area contributed by atoms with Crippen molar-refractivity contribution in [2.45, 2.75) is 70.5 Å². The first-order valence-corrected chi connectivity index (χ1v) is 14.3. The predicted octanol–water partition coefficient (Wildman–Crippen LogP) is 2.84. The largest absolute Gasteiger partial charge is 0.491 e. The summed E-state index contributed by atoms with van der Waals surface area (Å²) in [7, 11) is 0. The molecule has 40 heavy (non-hydrogen) atoms. The Morgan fingerprint density at radius 1 is 1.02 bits per heavy atom. The second-order valence-electron chi connectivity index (χ2n) is 10.9. The number of nitrogens with one attached hydrogen (secondary N) is 3. The third kappa shape index (κ3) is 7.61. The zero-order valence-corrected chi connectivity index (χ0v) is 23.4. The highest BCUT2D eigenvalue weighted by Gasteiger charge is 2.36. The fourth-order valence-corrected chi connectivity index (χ4v) is 5.17. The van der Waals surface area contributed by atoms with Crippen molar-refractivity contribution in [2.75, 3.05) is 19.7 Å². The topological polar surface area (TPSA) is 117 Å². The van der Waals surface area contributed by atoms with Crippen molar-refractivity contribution in [3.8, 4) is 5.75 Å². The highest BCUT2D eigenvalue weighted by Crippen LogP contribution is 2.22. The Kier molecular flexibility index (Phi) is 10.2. The van der Waals surface area contributed by atoms with Crippen LogP contribution in [0.5, 0.6) is 5.75 Å². The van der Waals surface area contributed by atoms with Crippen LogP contribution in [-0.4, -0.2) is 66.4 Å². The van der Waals surface area contributed by atoms with Gasteiger partial charge in [0.15, 0.2) is 0 Å². The molecule has 4 amide bonds. The smallest absolute Gasteiger partial charge is 0.255 e. The number of hydrogen-bond acceptors (Lipinski definition) is 5. The number of ether oxygens (including phenoxy) is 1. The number of amides is 4. The summed E-state index contributed by atoms with van der Waals surface area (Å²) in [5.74, 6) is -0.741. The predicted molar refractivity (Wildman–Crippen MR) is 152 cm³/mol. The minimum Gasteiger partial charge on any atom is -0.491 e. The summed E-state index contributed by atoms with van der Waals surface area (Å²) in [5.41, 5.74) is 1.48. The molecule has 2 aliphatic rings. The molecule has 2 aromatic rings. The van der Waals surface area contributed by atoms with Crippen LogP contribution in [0.15, 0.2) is 54.6 Å². The molecule has 0 aliphatic carbocycles. The summed E-state index contributed by atoms with van der Waals surface area (Å²) in [4.78, 5) is 54.7. The molecule has 0 saturated carbocycles. The summed E-state index contributed by atoms with van der Waals surface area (Å²) in [5, 5.41) is 8.83. The normalized spacial score (nSPS) is 22.2. The van der Waals surface area contributed by atoms with Crippen molar-refractivity contribution in [1.29, 1.82) is 0 Å². The lowest BCUT2D eigenvalue weighted by molar-refractivity contribution is -0.139. The van der Waals surface area contributed by atoms with Gasteiger partial charge in [-0.3, -0.25) is 19.2 Å². The highest BCUT2D eigenvalue weighted by atomic mass is 16.5. The summed E-state index contributed by atoms with van der Waals surface area (Å²) >= 11 is 0. The minimum absolute atomic E-state index is 0.0396. The lowest BCUT2D eigenvalue weighted by Gasteiger charge is -2.28. The van der Waals surface area contributed by atoms with Gasteiger partial charge in [0.2, 0.25) is 17.7 Å². The van der Waals surface area contributed by atoms with Crippen LogP contribution in [0.25, 0.3) is 0 Å². The Labute approximate surface area is 236 Å². The van der Waals surface area contributed by atoms with Gasteiger partial charge in [-0.1, -0.05) is 56.3 Å². The Bertz CT molecular complexity index is 1190. The van der Waals surface area contributed by atoms with Gasteiger partial charge in [0.25, 0.3) is 5.91 Å². The highest BCUT2D eigenvalue weighted by molar-refractivity contribution is 5.99. The van der Waals surface area contributed by atoms with Gasteiger partial charge in [-0.05, 0) is 55.7 Å². The first-order chi connectivity index (χ1) is 19.3. The van der Waals surface area contributed by atoms with Crippen LogP contribution in [-0.2, 0) is 20.8 Å². The van der Waals surface area contributed by atoms with Crippen LogP contribution in [0.4, 0.5) is 0 Å². The lowest BCUT2D eigenvalue weighted by atomic mass is 10.0. The number of rotatable bonds is 6. The standard InChI is InChI=1S/C31H40N4O5/c1-21(2)25-20-40-27-15-7-6-13-23(27)29(37)33-24(30(38)32-18-8-12-22-10-4-3-5-11-22)16-17-28(36)35-19-9-14-26(35)31(39)34-25/h3-7,10-11,13,15,21,24-26H,8-9,12,14,16-20H2,1-2H3,(H,32,38)(H,33,37)(H,34,39)/t24-,25+,26+/m0/s1. The first kappa shape index (κ1) is 29.1. The third-order valence-corrected chi connectivity index (χ3v) is 7.61. The Morgan fingerprint density at radius 2 is 1.77 bits per heavy atom. The first-order valence-electron chi connectivity index (χ1n) is 14.3. The molecule has 1 fully saturated rings. The minimum atomic E-state index is -0.912. The average molecular weight is 549 g/mol. The number of carbonyl (C=O) groups is 4. The molecule has 2 heterocycles. The molecule has 4 rings (SSSR count). The van der Waals surface area contributed by atoms with E-state index in [2.05, 4.69) is 16.0 Å². The zero-order valence-electron chi connectivity index (χ0n) is 23.4. The number of benzene rings is 2. The van der Waals surface area contributed by atoms with Crippen molar-refractivity contribution >= 4 is 23.6 Å². The molecule has 0 radical (unpaired) electrons. The van der Waals surface area contributed by atoms with Crippen LogP contribution < -0.4 is 20.7 Å². The maximum atomic E-state index is 13.4. The lowest BCUT2D eigenvalue weighted by Crippen LogP contribution is -2.52. The zero-order chi connectivity index (χ0) is 28.5. The molecule has 2 aliphatic heterocycles. The monoisotopic (exact) mass is 548 g/mol. The summed E-state index contributed by atoms with van der Waals surface area (Å²) in [6.07, 6.45) is 3.05. The number of para-hydroxylation sites is 1. The van der Waals surface area contributed by atoms with Gasteiger partial charge >= 0.3 is 0 Å². The van der Waals surface area contributed by atoms with E-state index >= 15 is 0 Å². The van der Waals surface area contributed by atoms with Crippen LogP contribution in [0.2, 0.25) is 0 Å². The van der Waals surface area contributed by atoms with E-state index in [0.29, 0.717) is 30.8 Å². The molecule has 0 spiro atoms. The van der Waals surface area contributed by atoms with Gasteiger partial charge in [0, 0.05) is 19.5 Å². The van der Waals surface area contributed by atoms with E-state index in [-0.39, 0.29) is 49.1 Å². The number of nitrogens with zero attached hydrogens (tertiary/aromatic N) is 1. The Hall–Kier alpha value is -3.88. The van der Waals surface area contributed by atoms with E-state index < -0.39 is 18.0 Å². The summed E-state index contributed by atoms with van der Waals surface area (Å²) in [6.45, 7) is 5.08. The molecule has 2 aromatic carbocycles.